The van der Waals surface area contributed by atoms with Gasteiger partial charge in [-0.3, -0.25) is 0 Å². The Labute approximate surface area is 130 Å². The molecule has 0 spiro atoms. The molecule has 0 aliphatic heterocycles. The third kappa shape index (κ3) is 4.23. The van der Waals surface area contributed by atoms with Crippen molar-refractivity contribution in [2.75, 3.05) is 6.61 Å². The second-order valence-electron chi connectivity index (χ2n) is 6.56. The van der Waals surface area contributed by atoms with E-state index in [9.17, 15) is 0 Å². The topological polar surface area (TPSA) is 35.2 Å². The maximum atomic E-state index is 6.07. The minimum absolute atomic E-state index is 0.410. The fourth-order valence-corrected chi connectivity index (χ4v) is 3.31. The predicted octanol–water partition coefficient (Wildman–Crippen LogP) is 4.97. The Hall–Kier alpha value is -1.02. The molecule has 2 N–H and O–H groups in total. The van der Waals surface area contributed by atoms with Crippen LogP contribution in [0, 0.1) is 0 Å². The first-order valence-electron chi connectivity index (χ1n) is 8.67. The van der Waals surface area contributed by atoms with Crippen molar-refractivity contribution < 1.29 is 4.74 Å². The minimum Gasteiger partial charge on any atom is -0.494 e. The van der Waals surface area contributed by atoms with E-state index >= 15 is 0 Å². The predicted molar refractivity (Wildman–Crippen MR) is 90.1 cm³/mol. The summed E-state index contributed by atoms with van der Waals surface area (Å²) in [6, 6.07) is 7.16. The number of rotatable bonds is 6. The van der Waals surface area contributed by atoms with Crippen LogP contribution < -0.4 is 10.5 Å². The zero-order valence-corrected chi connectivity index (χ0v) is 13.9. The second-order valence-corrected chi connectivity index (χ2v) is 6.56. The Kier molecular flexibility index (Phi) is 6.10. The lowest BCUT2D eigenvalue weighted by Crippen LogP contribution is -2.26. The van der Waals surface area contributed by atoms with E-state index in [2.05, 4.69) is 39.0 Å². The molecule has 1 aromatic rings. The molecule has 0 radical (unpaired) electrons. The highest BCUT2D eigenvalue weighted by atomic mass is 16.5. The molecule has 1 aliphatic rings. The summed E-state index contributed by atoms with van der Waals surface area (Å²) >= 11 is 0. The van der Waals surface area contributed by atoms with Crippen molar-refractivity contribution in [1.29, 1.82) is 0 Å². The average molecular weight is 289 g/mol. The quantitative estimate of drug-likeness (QED) is 0.802. The van der Waals surface area contributed by atoms with Gasteiger partial charge in [0.25, 0.3) is 0 Å². The summed E-state index contributed by atoms with van der Waals surface area (Å²) in [5.74, 6) is 2.32. The van der Waals surface area contributed by atoms with Gasteiger partial charge in [0, 0.05) is 6.04 Å². The Bertz CT molecular complexity index is 435. The van der Waals surface area contributed by atoms with Crippen LogP contribution in [0.4, 0.5) is 0 Å². The van der Waals surface area contributed by atoms with Crippen LogP contribution in [0.5, 0.6) is 5.75 Å². The molecule has 2 rings (SSSR count). The van der Waals surface area contributed by atoms with Gasteiger partial charge in [-0.05, 0) is 73.6 Å². The molecular formula is C19H31NO. The van der Waals surface area contributed by atoms with Crippen LogP contribution in [-0.4, -0.2) is 12.6 Å². The zero-order valence-electron chi connectivity index (χ0n) is 13.9. The van der Waals surface area contributed by atoms with Crippen LogP contribution in [0.25, 0.3) is 0 Å². The van der Waals surface area contributed by atoms with Crippen molar-refractivity contribution in [3.63, 3.8) is 0 Å². The summed E-state index contributed by atoms with van der Waals surface area (Å²) in [6.45, 7) is 7.56. The Balaban J connectivity index is 2.24. The largest absolute Gasteiger partial charge is 0.494 e. The highest BCUT2D eigenvalue weighted by molar-refractivity contribution is 5.40. The van der Waals surface area contributed by atoms with Crippen molar-refractivity contribution in [3.05, 3.63) is 29.3 Å². The van der Waals surface area contributed by atoms with Crippen LogP contribution in [0.1, 0.15) is 82.3 Å². The molecule has 2 heteroatoms. The minimum atomic E-state index is 0.410. The van der Waals surface area contributed by atoms with Gasteiger partial charge in [0.2, 0.25) is 0 Å². The second kappa shape index (κ2) is 7.84. The standard InChI is InChI=1S/C19H31NO/c1-4-12-21-17-10-11-18(14(3)5-2)19(13-17)15-6-8-16(20)9-7-15/h10-11,13-16H,4-9,12,20H2,1-3H3. The highest BCUT2D eigenvalue weighted by Crippen LogP contribution is 2.38. The molecule has 118 valence electrons. The van der Waals surface area contributed by atoms with E-state index in [4.69, 9.17) is 10.5 Å². The smallest absolute Gasteiger partial charge is 0.119 e. The summed E-state index contributed by atoms with van der Waals surface area (Å²) < 4.78 is 5.85. The first-order chi connectivity index (χ1) is 10.2. The SMILES string of the molecule is CCCOc1ccc(C(C)CC)c(C2CCC(N)CC2)c1. The normalized spacial score (nSPS) is 23.8. The number of nitrogens with two attached hydrogens (primary N) is 1. The van der Waals surface area contributed by atoms with Gasteiger partial charge < -0.3 is 10.5 Å². The molecule has 2 nitrogen and oxygen atoms in total. The van der Waals surface area contributed by atoms with Crippen molar-refractivity contribution in [3.8, 4) is 5.75 Å². The van der Waals surface area contributed by atoms with Gasteiger partial charge in [0.05, 0.1) is 6.61 Å². The van der Waals surface area contributed by atoms with Gasteiger partial charge in [-0.25, -0.2) is 0 Å². The van der Waals surface area contributed by atoms with E-state index in [1.807, 2.05) is 0 Å². The van der Waals surface area contributed by atoms with Gasteiger partial charge in [-0.1, -0.05) is 26.8 Å². The van der Waals surface area contributed by atoms with Crippen molar-refractivity contribution in [1.82, 2.24) is 0 Å². The van der Waals surface area contributed by atoms with Crippen LogP contribution in [0.15, 0.2) is 18.2 Å². The van der Waals surface area contributed by atoms with Crippen molar-refractivity contribution in [2.24, 2.45) is 5.73 Å². The Morgan fingerprint density at radius 2 is 1.90 bits per heavy atom. The summed E-state index contributed by atoms with van der Waals surface area (Å²) in [6.07, 6.45) is 7.01. The Morgan fingerprint density at radius 3 is 2.52 bits per heavy atom. The molecule has 0 amide bonds. The molecule has 1 aromatic carbocycles. The fraction of sp³-hybridized carbons (Fsp3) is 0.684. The summed E-state index contributed by atoms with van der Waals surface area (Å²) in [5, 5.41) is 0. The number of hydrogen-bond acceptors (Lipinski definition) is 2. The molecule has 21 heavy (non-hydrogen) atoms. The maximum Gasteiger partial charge on any atom is 0.119 e. The van der Waals surface area contributed by atoms with Crippen molar-refractivity contribution >= 4 is 0 Å². The molecule has 1 saturated carbocycles. The number of ether oxygens (including phenoxy) is 1. The zero-order chi connectivity index (χ0) is 15.2. The van der Waals surface area contributed by atoms with E-state index < -0.39 is 0 Å². The van der Waals surface area contributed by atoms with E-state index in [1.54, 1.807) is 0 Å². The molecule has 1 unspecified atom stereocenters. The molecular weight excluding hydrogens is 258 g/mol. The van der Waals surface area contributed by atoms with Gasteiger partial charge in [-0.2, -0.15) is 0 Å². The molecule has 1 aliphatic carbocycles. The van der Waals surface area contributed by atoms with Crippen LogP contribution in [0.2, 0.25) is 0 Å². The van der Waals surface area contributed by atoms with E-state index in [0.717, 1.165) is 31.6 Å². The lowest BCUT2D eigenvalue weighted by atomic mass is 9.78. The molecule has 0 aromatic heterocycles. The highest BCUT2D eigenvalue weighted by Gasteiger charge is 2.23. The van der Waals surface area contributed by atoms with Gasteiger partial charge in [0.1, 0.15) is 5.75 Å². The van der Waals surface area contributed by atoms with Crippen LogP contribution in [0.3, 0.4) is 0 Å². The molecule has 1 fully saturated rings. The maximum absolute atomic E-state index is 6.07. The van der Waals surface area contributed by atoms with E-state index in [0.29, 0.717) is 17.9 Å². The number of hydrogen-bond donors (Lipinski definition) is 1. The summed E-state index contributed by atoms with van der Waals surface area (Å²) in [7, 11) is 0. The molecule has 0 saturated heterocycles. The molecule has 1 atom stereocenters. The first-order valence-corrected chi connectivity index (χ1v) is 8.67. The first kappa shape index (κ1) is 16.4. The molecule has 0 heterocycles. The Morgan fingerprint density at radius 1 is 1.19 bits per heavy atom. The lowest BCUT2D eigenvalue weighted by molar-refractivity contribution is 0.316. The van der Waals surface area contributed by atoms with Gasteiger partial charge >= 0.3 is 0 Å². The van der Waals surface area contributed by atoms with Crippen LogP contribution >= 0.6 is 0 Å². The number of benzene rings is 1. The monoisotopic (exact) mass is 289 g/mol. The average Bonchev–Trinajstić information content (AvgIpc) is 2.52. The third-order valence-electron chi connectivity index (χ3n) is 4.89. The van der Waals surface area contributed by atoms with Crippen LogP contribution in [-0.2, 0) is 0 Å². The molecule has 0 bridgehead atoms. The van der Waals surface area contributed by atoms with E-state index in [-0.39, 0.29) is 0 Å². The summed E-state index contributed by atoms with van der Waals surface area (Å²) in [4.78, 5) is 0. The van der Waals surface area contributed by atoms with Gasteiger partial charge in [0.15, 0.2) is 0 Å². The lowest BCUT2D eigenvalue weighted by Gasteiger charge is -2.29. The fourth-order valence-electron chi connectivity index (χ4n) is 3.31. The van der Waals surface area contributed by atoms with E-state index in [1.165, 1.54) is 30.4 Å². The van der Waals surface area contributed by atoms with Crippen molar-refractivity contribution in [2.45, 2.75) is 77.2 Å². The third-order valence-corrected chi connectivity index (χ3v) is 4.89. The van der Waals surface area contributed by atoms with Gasteiger partial charge in [-0.15, -0.1) is 0 Å². The summed E-state index contributed by atoms with van der Waals surface area (Å²) in [5.41, 5.74) is 9.10.